The van der Waals surface area contributed by atoms with Crippen molar-refractivity contribution in [1.82, 2.24) is 10.2 Å². The van der Waals surface area contributed by atoms with E-state index in [0.717, 1.165) is 11.8 Å². The Morgan fingerprint density at radius 1 is 1.11 bits per heavy atom. The monoisotopic (exact) mass is 406 g/mol. The van der Waals surface area contributed by atoms with Crippen LogP contribution in [0.2, 0.25) is 5.02 Å². The summed E-state index contributed by atoms with van der Waals surface area (Å²) in [4.78, 5) is 26.5. The molecule has 0 saturated carbocycles. The fraction of sp³-hybridized carbons (Fsp3) is 0.263. The molecule has 27 heavy (non-hydrogen) atoms. The van der Waals surface area contributed by atoms with Crippen LogP contribution in [0.1, 0.15) is 28.4 Å². The average molecular weight is 407 g/mol. The van der Waals surface area contributed by atoms with Gasteiger partial charge in [0.05, 0.1) is 17.0 Å². The number of carbonyl (C=O) groups excluding carboxylic acids is 2. The number of carbonyl (C=O) groups is 2. The first kappa shape index (κ1) is 19.4. The second-order valence-electron chi connectivity index (χ2n) is 6.58. The molecule has 0 bridgehead atoms. The Kier molecular flexibility index (Phi) is 5.26. The lowest BCUT2D eigenvalue weighted by Crippen LogP contribution is -2.39. The van der Waals surface area contributed by atoms with Gasteiger partial charge in [-0.2, -0.15) is 0 Å². The Labute approximate surface area is 163 Å². The van der Waals surface area contributed by atoms with Gasteiger partial charge in [0.1, 0.15) is 0 Å². The Hall–Kier alpha value is -2.38. The molecule has 0 radical (unpaired) electrons. The molecule has 1 fully saturated rings. The highest BCUT2D eigenvalue weighted by molar-refractivity contribution is 7.90. The highest BCUT2D eigenvalue weighted by Gasteiger charge is 2.39. The van der Waals surface area contributed by atoms with Crippen molar-refractivity contribution < 1.29 is 18.0 Å². The van der Waals surface area contributed by atoms with E-state index in [1.54, 1.807) is 24.1 Å². The van der Waals surface area contributed by atoms with Crippen LogP contribution in [0.5, 0.6) is 0 Å². The summed E-state index contributed by atoms with van der Waals surface area (Å²) in [5.41, 5.74) is 1.21. The van der Waals surface area contributed by atoms with Crippen molar-refractivity contribution >= 4 is 33.3 Å². The van der Waals surface area contributed by atoms with Crippen molar-refractivity contribution in [3.8, 4) is 0 Å². The van der Waals surface area contributed by atoms with E-state index in [2.05, 4.69) is 5.32 Å². The summed E-state index contributed by atoms with van der Waals surface area (Å²) in [6, 6.07) is 12.2. The van der Waals surface area contributed by atoms with Gasteiger partial charge in [-0.3, -0.25) is 9.59 Å². The lowest BCUT2D eigenvalue weighted by molar-refractivity contribution is -0.127. The van der Waals surface area contributed by atoms with Gasteiger partial charge in [-0.15, -0.1) is 0 Å². The lowest BCUT2D eigenvalue weighted by atomic mass is 10.00. The number of likely N-dealkylation sites (tertiary alicyclic amines) is 1. The zero-order valence-corrected chi connectivity index (χ0v) is 16.4. The van der Waals surface area contributed by atoms with Gasteiger partial charge >= 0.3 is 0 Å². The molecule has 1 heterocycles. The molecule has 2 aromatic carbocycles. The van der Waals surface area contributed by atoms with Crippen LogP contribution < -0.4 is 5.32 Å². The zero-order chi connectivity index (χ0) is 19.8. The predicted octanol–water partition coefficient (Wildman–Crippen LogP) is 2.45. The van der Waals surface area contributed by atoms with Gasteiger partial charge in [-0.1, -0.05) is 23.7 Å². The molecule has 3 rings (SSSR count). The first-order valence-corrected chi connectivity index (χ1v) is 10.6. The molecule has 0 aromatic heterocycles. The van der Waals surface area contributed by atoms with Crippen LogP contribution in [0.15, 0.2) is 53.4 Å². The minimum Gasteiger partial charge on any atom is -0.346 e. The van der Waals surface area contributed by atoms with Crippen LogP contribution in [0.25, 0.3) is 0 Å². The Balaban J connectivity index is 1.81. The smallest absolute Gasteiger partial charge is 0.251 e. The molecule has 2 atom stereocenters. The second kappa shape index (κ2) is 7.32. The van der Waals surface area contributed by atoms with Crippen LogP contribution in [0.3, 0.4) is 0 Å². The third-order valence-corrected chi connectivity index (χ3v) is 6.04. The largest absolute Gasteiger partial charge is 0.346 e. The highest BCUT2D eigenvalue weighted by Crippen LogP contribution is 2.32. The predicted molar refractivity (Wildman–Crippen MR) is 102 cm³/mol. The third kappa shape index (κ3) is 4.14. The third-order valence-electron chi connectivity index (χ3n) is 4.66. The van der Waals surface area contributed by atoms with Gasteiger partial charge in [-0.05, 0) is 42.0 Å². The first-order valence-electron chi connectivity index (χ1n) is 8.29. The molecule has 0 aliphatic carbocycles. The van der Waals surface area contributed by atoms with Gasteiger partial charge < -0.3 is 10.2 Å². The Bertz CT molecular complexity index is 972. The van der Waals surface area contributed by atoms with Crippen molar-refractivity contribution in [2.24, 2.45) is 0 Å². The van der Waals surface area contributed by atoms with E-state index in [4.69, 9.17) is 11.6 Å². The van der Waals surface area contributed by atoms with Gasteiger partial charge in [0, 0.05) is 30.3 Å². The quantitative estimate of drug-likeness (QED) is 0.845. The number of hydrogen-bond donors (Lipinski definition) is 1. The van der Waals surface area contributed by atoms with E-state index in [9.17, 15) is 18.0 Å². The van der Waals surface area contributed by atoms with E-state index >= 15 is 0 Å². The fourth-order valence-corrected chi connectivity index (χ4v) is 3.98. The molecule has 1 aliphatic rings. The summed E-state index contributed by atoms with van der Waals surface area (Å²) >= 11 is 5.94. The number of likely N-dealkylation sites (N-methyl/N-ethyl adjacent to an activating group) is 1. The molecule has 2 amide bonds. The molecule has 1 N–H and O–H groups in total. The number of hydrogen-bond acceptors (Lipinski definition) is 4. The summed E-state index contributed by atoms with van der Waals surface area (Å²) < 4.78 is 23.1. The molecular formula is C19H19ClN2O4S. The molecular weight excluding hydrogens is 388 g/mol. The lowest BCUT2D eigenvalue weighted by Gasteiger charge is -2.26. The molecule has 6 nitrogen and oxygen atoms in total. The van der Waals surface area contributed by atoms with Crippen LogP contribution in [-0.4, -0.2) is 44.5 Å². The zero-order valence-electron chi connectivity index (χ0n) is 14.8. The normalized spacial score (nSPS) is 20.0. The van der Waals surface area contributed by atoms with E-state index in [0.29, 0.717) is 10.6 Å². The van der Waals surface area contributed by atoms with Crippen molar-refractivity contribution in [1.29, 1.82) is 0 Å². The summed E-state index contributed by atoms with van der Waals surface area (Å²) in [5, 5.41) is 3.49. The number of rotatable bonds is 4. The minimum atomic E-state index is -3.32. The number of nitrogens with zero attached hydrogens (tertiary/aromatic N) is 1. The van der Waals surface area contributed by atoms with Crippen LogP contribution in [-0.2, 0) is 14.6 Å². The van der Waals surface area contributed by atoms with E-state index in [-0.39, 0.29) is 29.2 Å². The molecule has 1 aliphatic heterocycles. The van der Waals surface area contributed by atoms with E-state index in [1.165, 1.54) is 24.3 Å². The summed E-state index contributed by atoms with van der Waals surface area (Å²) in [5.74, 6) is -0.421. The topological polar surface area (TPSA) is 83.6 Å². The standard InChI is InChI=1S/C19H19ClN2O4S/c1-22-17(23)11-16(18(22)12-3-7-14(20)8-4-12)21-19(24)13-5-9-15(10-6-13)27(2,25)26/h3-10,16,18H,11H2,1-2H3,(H,21,24)/t16-,18+/m0/s1. The summed E-state index contributed by atoms with van der Waals surface area (Å²) in [7, 11) is -1.62. The molecule has 142 valence electrons. The van der Waals surface area contributed by atoms with E-state index in [1.807, 2.05) is 12.1 Å². The van der Waals surface area contributed by atoms with Gasteiger partial charge in [0.2, 0.25) is 5.91 Å². The molecule has 2 aromatic rings. The average Bonchev–Trinajstić information content (AvgIpc) is 2.89. The molecule has 0 unspecified atom stereocenters. The van der Waals surface area contributed by atoms with Gasteiger partial charge in [0.25, 0.3) is 5.91 Å². The van der Waals surface area contributed by atoms with Crippen LogP contribution in [0.4, 0.5) is 0 Å². The maximum atomic E-state index is 12.6. The van der Waals surface area contributed by atoms with Crippen molar-refractivity contribution in [3.05, 3.63) is 64.7 Å². The first-order chi connectivity index (χ1) is 12.7. The Morgan fingerprint density at radius 2 is 1.70 bits per heavy atom. The van der Waals surface area contributed by atoms with Crippen molar-refractivity contribution in [2.45, 2.75) is 23.4 Å². The number of halogens is 1. The molecule has 1 saturated heterocycles. The van der Waals surface area contributed by atoms with Crippen molar-refractivity contribution in [3.63, 3.8) is 0 Å². The minimum absolute atomic E-state index is 0.0623. The SMILES string of the molecule is CN1C(=O)C[C@H](NC(=O)c2ccc(S(C)(=O)=O)cc2)[C@H]1c1ccc(Cl)cc1. The summed E-state index contributed by atoms with van der Waals surface area (Å²) in [6.07, 6.45) is 1.30. The fourth-order valence-electron chi connectivity index (χ4n) is 3.22. The number of amides is 2. The number of sulfone groups is 1. The van der Waals surface area contributed by atoms with Gasteiger partial charge in [-0.25, -0.2) is 8.42 Å². The maximum Gasteiger partial charge on any atom is 0.251 e. The molecule has 8 heteroatoms. The van der Waals surface area contributed by atoms with Crippen LogP contribution >= 0.6 is 11.6 Å². The highest BCUT2D eigenvalue weighted by atomic mass is 35.5. The molecule has 0 spiro atoms. The van der Waals surface area contributed by atoms with Crippen molar-refractivity contribution in [2.75, 3.05) is 13.3 Å². The van der Waals surface area contributed by atoms with Crippen LogP contribution in [0, 0.1) is 0 Å². The maximum absolute atomic E-state index is 12.6. The number of benzene rings is 2. The van der Waals surface area contributed by atoms with E-state index < -0.39 is 15.9 Å². The second-order valence-corrected chi connectivity index (χ2v) is 9.03. The summed E-state index contributed by atoms with van der Waals surface area (Å²) in [6.45, 7) is 0. The van der Waals surface area contributed by atoms with Gasteiger partial charge in [0.15, 0.2) is 9.84 Å². The Morgan fingerprint density at radius 3 is 2.26 bits per heavy atom. The number of nitrogens with one attached hydrogen (secondary N) is 1.